The first-order chi connectivity index (χ1) is 7.44. The maximum atomic E-state index is 11.1. The summed E-state index contributed by atoms with van der Waals surface area (Å²) in [6.45, 7) is 1.74. The van der Waals surface area contributed by atoms with Crippen LogP contribution < -0.4 is 9.46 Å². The summed E-state index contributed by atoms with van der Waals surface area (Å²) < 4.78 is 30.2. The molecule has 1 N–H and O–H groups in total. The van der Waals surface area contributed by atoms with Crippen LogP contribution in [0.2, 0.25) is 0 Å². The van der Waals surface area contributed by atoms with E-state index in [0.717, 1.165) is 19.1 Å². The molecule has 0 saturated heterocycles. The number of hydrogen-bond acceptors (Lipinski definition) is 4. The fourth-order valence-electron chi connectivity index (χ4n) is 1.26. The third kappa shape index (κ3) is 3.10. The zero-order chi connectivity index (χ0) is 11.8. The Hall–Kier alpha value is -1.30. The molecule has 0 bridgehead atoms. The highest BCUT2D eigenvalue weighted by Crippen LogP contribution is 2.28. The lowest BCUT2D eigenvalue weighted by molar-refractivity contribution is 0.302. The van der Waals surface area contributed by atoms with E-state index in [1.807, 2.05) is 0 Å². The number of nitrogens with zero attached hydrogens (tertiary/aromatic N) is 1. The van der Waals surface area contributed by atoms with E-state index in [2.05, 4.69) is 9.71 Å². The summed E-state index contributed by atoms with van der Waals surface area (Å²) in [4.78, 5) is 4.09. The van der Waals surface area contributed by atoms with Gasteiger partial charge in [0.05, 0.1) is 29.9 Å². The van der Waals surface area contributed by atoms with E-state index < -0.39 is 10.0 Å². The molecule has 6 heteroatoms. The molecule has 1 saturated carbocycles. The summed E-state index contributed by atoms with van der Waals surface area (Å²) in [5, 5.41) is 0. The maximum absolute atomic E-state index is 11.1. The van der Waals surface area contributed by atoms with Crippen molar-refractivity contribution >= 4 is 15.7 Å². The summed E-state index contributed by atoms with van der Waals surface area (Å²) in [5.41, 5.74) is 1.11. The number of ether oxygens (including phenoxy) is 1. The molecule has 0 amide bonds. The van der Waals surface area contributed by atoms with Gasteiger partial charge in [-0.3, -0.25) is 9.71 Å². The number of hydrogen-bond donors (Lipinski definition) is 1. The number of aryl methyl sites for hydroxylation is 1. The minimum atomic E-state index is -3.27. The van der Waals surface area contributed by atoms with Crippen molar-refractivity contribution in [1.82, 2.24) is 4.98 Å². The number of pyridine rings is 1. The van der Waals surface area contributed by atoms with Gasteiger partial charge in [-0.2, -0.15) is 0 Å². The van der Waals surface area contributed by atoms with Gasteiger partial charge in [-0.05, 0) is 19.8 Å². The molecule has 1 fully saturated rings. The molecule has 0 aromatic carbocycles. The Kier molecular flexibility index (Phi) is 2.75. The lowest BCUT2D eigenvalue weighted by Crippen LogP contribution is -2.11. The Morgan fingerprint density at radius 3 is 2.75 bits per heavy atom. The SMILES string of the molecule is Cc1ncc(OC2CC2)cc1NS(C)(=O)=O. The highest BCUT2D eigenvalue weighted by Gasteiger charge is 2.23. The first-order valence-corrected chi connectivity index (χ1v) is 6.94. The smallest absolute Gasteiger partial charge is 0.229 e. The molecule has 0 aliphatic heterocycles. The van der Waals surface area contributed by atoms with E-state index in [0.29, 0.717) is 17.1 Å². The maximum Gasteiger partial charge on any atom is 0.229 e. The van der Waals surface area contributed by atoms with Gasteiger partial charge < -0.3 is 4.74 Å². The molecule has 1 aromatic rings. The number of rotatable bonds is 4. The molecule has 5 nitrogen and oxygen atoms in total. The Labute approximate surface area is 94.9 Å². The van der Waals surface area contributed by atoms with Gasteiger partial charge in [0.25, 0.3) is 0 Å². The topological polar surface area (TPSA) is 68.3 Å². The third-order valence-electron chi connectivity index (χ3n) is 2.18. The first-order valence-electron chi connectivity index (χ1n) is 5.05. The van der Waals surface area contributed by atoms with Crippen molar-refractivity contribution in [2.45, 2.75) is 25.9 Å². The van der Waals surface area contributed by atoms with Gasteiger partial charge >= 0.3 is 0 Å². The standard InChI is InChI=1S/C10H14N2O3S/c1-7-10(12-16(2,13)14)5-9(6-11-7)15-8-3-4-8/h5-6,8,12H,3-4H2,1-2H3. The van der Waals surface area contributed by atoms with Crippen molar-refractivity contribution < 1.29 is 13.2 Å². The van der Waals surface area contributed by atoms with Crippen molar-refractivity contribution in [3.8, 4) is 5.75 Å². The molecule has 1 heterocycles. The van der Waals surface area contributed by atoms with Crippen LogP contribution in [0.1, 0.15) is 18.5 Å². The van der Waals surface area contributed by atoms with Crippen LogP contribution in [0, 0.1) is 6.92 Å². The fraction of sp³-hybridized carbons (Fsp3) is 0.500. The normalized spacial score (nSPS) is 15.9. The zero-order valence-corrected chi connectivity index (χ0v) is 10.0. The monoisotopic (exact) mass is 242 g/mol. The molecule has 2 rings (SSSR count). The molecule has 1 aliphatic carbocycles. The summed E-state index contributed by atoms with van der Waals surface area (Å²) in [6, 6.07) is 1.67. The Balaban J connectivity index is 2.21. The molecular formula is C10H14N2O3S. The van der Waals surface area contributed by atoms with Crippen molar-refractivity contribution in [2.24, 2.45) is 0 Å². The van der Waals surface area contributed by atoms with Gasteiger partial charge in [-0.1, -0.05) is 0 Å². The predicted octanol–water partition coefficient (Wildman–Crippen LogP) is 1.30. The van der Waals surface area contributed by atoms with Gasteiger partial charge in [-0.25, -0.2) is 8.42 Å². The van der Waals surface area contributed by atoms with Crippen molar-refractivity contribution in [2.75, 3.05) is 11.0 Å². The van der Waals surface area contributed by atoms with E-state index in [4.69, 9.17) is 4.74 Å². The molecule has 0 atom stereocenters. The van der Waals surface area contributed by atoms with Crippen LogP contribution in [-0.2, 0) is 10.0 Å². The molecule has 88 valence electrons. The van der Waals surface area contributed by atoms with E-state index in [-0.39, 0.29) is 6.10 Å². The molecule has 1 aliphatic rings. The molecule has 0 spiro atoms. The van der Waals surface area contributed by atoms with Crippen LogP contribution in [0.15, 0.2) is 12.3 Å². The summed E-state index contributed by atoms with van der Waals surface area (Å²) in [6.07, 6.45) is 5.11. The lowest BCUT2D eigenvalue weighted by Gasteiger charge is -2.09. The minimum Gasteiger partial charge on any atom is -0.489 e. The Bertz CT molecular complexity index is 495. The summed E-state index contributed by atoms with van der Waals surface area (Å²) in [5.74, 6) is 0.610. The number of aromatic nitrogens is 1. The van der Waals surface area contributed by atoms with E-state index in [9.17, 15) is 8.42 Å². The second-order valence-electron chi connectivity index (χ2n) is 4.00. The van der Waals surface area contributed by atoms with Crippen LogP contribution in [-0.4, -0.2) is 25.8 Å². The fourth-order valence-corrected chi connectivity index (χ4v) is 1.87. The van der Waals surface area contributed by atoms with E-state index in [1.54, 1.807) is 19.2 Å². The highest BCUT2D eigenvalue weighted by atomic mass is 32.2. The van der Waals surface area contributed by atoms with Crippen molar-refractivity contribution in [3.63, 3.8) is 0 Å². The van der Waals surface area contributed by atoms with Crippen LogP contribution >= 0.6 is 0 Å². The average Bonchev–Trinajstić information content (AvgIpc) is 2.92. The third-order valence-corrected chi connectivity index (χ3v) is 2.78. The molecule has 1 aromatic heterocycles. The van der Waals surface area contributed by atoms with Crippen LogP contribution in [0.3, 0.4) is 0 Å². The van der Waals surface area contributed by atoms with E-state index >= 15 is 0 Å². The second-order valence-corrected chi connectivity index (χ2v) is 5.74. The lowest BCUT2D eigenvalue weighted by atomic mass is 10.3. The van der Waals surface area contributed by atoms with Gasteiger partial charge in [0.15, 0.2) is 0 Å². The quantitative estimate of drug-likeness (QED) is 0.864. The number of nitrogens with one attached hydrogen (secondary N) is 1. The van der Waals surface area contributed by atoms with Crippen molar-refractivity contribution in [3.05, 3.63) is 18.0 Å². The van der Waals surface area contributed by atoms with Crippen LogP contribution in [0.5, 0.6) is 5.75 Å². The van der Waals surface area contributed by atoms with Gasteiger partial charge in [0, 0.05) is 6.07 Å². The van der Waals surface area contributed by atoms with Gasteiger partial charge in [0.1, 0.15) is 5.75 Å². The van der Waals surface area contributed by atoms with Crippen LogP contribution in [0.25, 0.3) is 0 Å². The number of anilines is 1. The first kappa shape index (κ1) is 11.2. The summed E-state index contributed by atoms with van der Waals surface area (Å²) >= 11 is 0. The number of sulfonamides is 1. The van der Waals surface area contributed by atoms with Crippen molar-refractivity contribution in [1.29, 1.82) is 0 Å². The second kappa shape index (κ2) is 3.93. The van der Waals surface area contributed by atoms with Crippen LogP contribution in [0.4, 0.5) is 5.69 Å². The predicted molar refractivity (Wildman–Crippen MR) is 61.1 cm³/mol. The Morgan fingerprint density at radius 1 is 1.50 bits per heavy atom. The van der Waals surface area contributed by atoms with E-state index in [1.165, 1.54) is 0 Å². The highest BCUT2D eigenvalue weighted by molar-refractivity contribution is 7.92. The Morgan fingerprint density at radius 2 is 2.19 bits per heavy atom. The average molecular weight is 242 g/mol. The zero-order valence-electron chi connectivity index (χ0n) is 9.23. The molecular weight excluding hydrogens is 228 g/mol. The largest absolute Gasteiger partial charge is 0.489 e. The molecule has 16 heavy (non-hydrogen) atoms. The van der Waals surface area contributed by atoms with Gasteiger partial charge in [0.2, 0.25) is 10.0 Å². The molecule has 0 unspecified atom stereocenters. The minimum absolute atomic E-state index is 0.274. The molecule has 0 radical (unpaired) electrons. The van der Waals surface area contributed by atoms with Gasteiger partial charge in [-0.15, -0.1) is 0 Å². The summed E-state index contributed by atoms with van der Waals surface area (Å²) in [7, 11) is -3.27.